The molecule has 1 unspecified atom stereocenters. The SMILES string of the molecule is Cn1cc(C(=O)NC(c2ccccc2)C2CC(O)C2)c(=O)[nH]c1=O. The van der Waals surface area contributed by atoms with Gasteiger partial charge in [-0.25, -0.2) is 4.79 Å². The Morgan fingerprint density at radius 2 is 1.96 bits per heavy atom. The second-order valence-corrected chi connectivity index (χ2v) is 6.16. The normalized spacial score (nSPS) is 20.9. The molecule has 7 heteroatoms. The summed E-state index contributed by atoms with van der Waals surface area (Å²) >= 11 is 0. The first-order valence-corrected chi connectivity index (χ1v) is 7.79. The van der Waals surface area contributed by atoms with Gasteiger partial charge in [0.1, 0.15) is 5.56 Å². The molecule has 1 aromatic carbocycles. The molecule has 126 valence electrons. The molecule has 0 spiro atoms. The van der Waals surface area contributed by atoms with Crippen molar-refractivity contribution in [2.24, 2.45) is 13.0 Å². The number of hydrogen-bond donors (Lipinski definition) is 3. The predicted octanol–water partition coefficient (Wildman–Crippen LogP) is 0.316. The number of H-pyrrole nitrogens is 1. The van der Waals surface area contributed by atoms with Crippen molar-refractivity contribution in [1.82, 2.24) is 14.9 Å². The van der Waals surface area contributed by atoms with Gasteiger partial charge in [-0.1, -0.05) is 30.3 Å². The number of aromatic amines is 1. The maximum atomic E-state index is 12.5. The molecule has 0 aliphatic heterocycles. The minimum Gasteiger partial charge on any atom is -0.393 e. The third kappa shape index (κ3) is 3.16. The number of aromatic nitrogens is 2. The highest BCUT2D eigenvalue weighted by molar-refractivity contribution is 5.93. The number of amides is 1. The minimum absolute atomic E-state index is 0.109. The number of benzene rings is 1. The van der Waals surface area contributed by atoms with Crippen molar-refractivity contribution in [1.29, 1.82) is 0 Å². The van der Waals surface area contributed by atoms with Gasteiger partial charge in [0.25, 0.3) is 11.5 Å². The number of nitrogens with zero attached hydrogens (tertiary/aromatic N) is 1. The van der Waals surface area contributed by atoms with Gasteiger partial charge < -0.3 is 15.0 Å². The third-order valence-corrected chi connectivity index (χ3v) is 4.42. The van der Waals surface area contributed by atoms with Gasteiger partial charge in [0, 0.05) is 13.2 Å². The van der Waals surface area contributed by atoms with Gasteiger partial charge in [-0.05, 0) is 24.3 Å². The molecule has 3 rings (SSSR count). The zero-order valence-corrected chi connectivity index (χ0v) is 13.2. The average molecular weight is 329 g/mol. The average Bonchev–Trinajstić information content (AvgIpc) is 2.54. The van der Waals surface area contributed by atoms with Crippen molar-refractivity contribution < 1.29 is 9.90 Å². The molecular formula is C17H19N3O4. The fourth-order valence-electron chi connectivity index (χ4n) is 2.98. The largest absolute Gasteiger partial charge is 0.393 e. The van der Waals surface area contributed by atoms with Gasteiger partial charge in [0.15, 0.2) is 0 Å². The van der Waals surface area contributed by atoms with E-state index in [0.29, 0.717) is 12.8 Å². The van der Waals surface area contributed by atoms with Gasteiger partial charge in [0.05, 0.1) is 12.1 Å². The van der Waals surface area contributed by atoms with E-state index in [4.69, 9.17) is 0 Å². The smallest absolute Gasteiger partial charge is 0.328 e. The molecule has 1 atom stereocenters. The zero-order valence-electron chi connectivity index (χ0n) is 13.2. The number of rotatable bonds is 4. The Morgan fingerprint density at radius 3 is 2.58 bits per heavy atom. The van der Waals surface area contributed by atoms with Crippen LogP contribution in [0.1, 0.15) is 34.8 Å². The number of carbonyl (C=O) groups is 1. The van der Waals surface area contributed by atoms with Crippen molar-refractivity contribution in [2.45, 2.75) is 25.0 Å². The fourth-order valence-corrected chi connectivity index (χ4v) is 2.98. The highest BCUT2D eigenvalue weighted by atomic mass is 16.3. The first kappa shape index (κ1) is 16.2. The molecular weight excluding hydrogens is 310 g/mol. The number of carbonyl (C=O) groups excluding carboxylic acids is 1. The van der Waals surface area contributed by atoms with Gasteiger partial charge >= 0.3 is 5.69 Å². The summed E-state index contributed by atoms with van der Waals surface area (Å²) in [5, 5.41) is 12.4. The van der Waals surface area contributed by atoms with E-state index >= 15 is 0 Å². The molecule has 1 amide bonds. The van der Waals surface area contributed by atoms with Crippen LogP contribution in [-0.2, 0) is 7.05 Å². The van der Waals surface area contributed by atoms with Crippen LogP contribution in [0.2, 0.25) is 0 Å². The van der Waals surface area contributed by atoms with Crippen LogP contribution in [-0.4, -0.2) is 26.7 Å². The van der Waals surface area contributed by atoms with E-state index in [2.05, 4.69) is 10.3 Å². The number of aliphatic hydroxyl groups excluding tert-OH is 1. The first-order valence-electron chi connectivity index (χ1n) is 7.79. The van der Waals surface area contributed by atoms with Crippen LogP contribution >= 0.6 is 0 Å². The monoisotopic (exact) mass is 329 g/mol. The summed E-state index contributed by atoms with van der Waals surface area (Å²) in [6.07, 6.45) is 2.08. The molecule has 0 saturated heterocycles. The molecule has 1 heterocycles. The minimum atomic E-state index is -0.712. The lowest BCUT2D eigenvalue weighted by molar-refractivity contribution is 0.0235. The maximum absolute atomic E-state index is 12.5. The molecule has 2 aromatic rings. The summed E-state index contributed by atoms with van der Waals surface area (Å²) in [6, 6.07) is 9.15. The van der Waals surface area contributed by atoms with Crippen LogP contribution in [0.5, 0.6) is 0 Å². The van der Waals surface area contributed by atoms with Crippen LogP contribution in [0.3, 0.4) is 0 Å². The quantitative estimate of drug-likeness (QED) is 0.751. The lowest BCUT2D eigenvalue weighted by Crippen LogP contribution is -2.43. The van der Waals surface area contributed by atoms with Gasteiger partial charge in [-0.3, -0.25) is 14.6 Å². The molecule has 1 fully saturated rings. The van der Waals surface area contributed by atoms with Crippen molar-refractivity contribution in [2.75, 3.05) is 0 Å². The van der Waals surface area contributed by atoms with Crippen LogP contribution in [0, 0.1) is 5.92 Å². The molecule has 1 saturated carbocycles. The summed E-state index contributed by atoms with van der Waals surface area (Å²) < 4.78 is 1.15. The van der Waals surface area contributed by atoms with Crippen LogP contribution < -0.4 is 16.6 Å². The molecule has 0 bridgehead atoms. The van der Waals surface area contributed by atoms with E-state index in [1.54, 1.807) is 0 Å². The zero-order chi connectivity index (χ0) is 17.3. The summed E-state index contributed by atoms with van der Waals surface area (Å²) in [6.45, 7) is 0. The van der Waals surface area contributed by atoms with E-state index in [-0.39, 0.29) is 23.6 Å². The Bertz CT molecular complexity index is 850. The fraction of sp³-hybridized carbons (Fsp3) is 0.353. The molecule has 1 aromatic heterocycles. The van der Waals surface area contributed by atoms with Gasteiger partial charge in [-0.15, -0.1) is 0 Å². The molecule has 0 radical (unpaired) electrons. The number of hydrogen-bond acceptors (Lipinski definition) is 4. The predicted molar refractivity (Wildman–Crippen MR) is 87.7 cm³/mol. The number of nitrogens with one attached hydrogen (secondary N) is 2. The Morgan fingerprint density at radius 1 is 1.29 bits per heavy atom. The van der Waals surface area contributed by atoms with E-state index in [0.717, 1.165) is 10.1 Å². The molecule has 7 nitrogen and oxygen atoms in total. The van der Waals surface area contributed by atoms with Gasteiger partial charge in [0.2, 0.25) is 0 Å². The standard InChI is InChI=1S/C17H19N3O4/c1-20-9-13(16(23)19-17(20)24)15(22)18-14(11-7-12(21)8-11)10-5-3-2-4-6-10/h2-6,9,11-12,14,21H,7-8H2,1H3,(H,18,22)(H,19,23,24). The Kier molecular flexibility index (Phi) is 4.35. The Hall–Kier alpha value is -2.67. The summed E-state index contributed by atoms with van der Waals surface area (Å²) in [5.41, 5.74) is -0.476. The number of aryl methyl sites for hydroxylation is 1. The van der Waals surface area contributed by atoms with Crippen molar-refractivity contribution in [3.8, 4) is 0 Å². The second-order valence-electron chi connectivity index (χ2n) is 6.16. The van der Waals surface area contributed by atoms with Crippen molar-refractivity contribution in [3.63, 3.8) is 0 Å². The molecule has 24 heavy (non-hydrogen) atoms. The second kappa shape index (κ2) is 6.45. The van der Waals surface area contributed by atoms with Crippen LogP contribution in [0.15, 0.2) is 46.1 Å². The topological polar surface area (TPSA) is 104 Å². The Labute approximate surface area is 138 Å². The first-order chi connectivity index (χ1) is 11.5. The van der Waals surface area contributed by atoms with Crippen LogP contribution in [0.4, 0.5) is 0 Å². The number of aliphatic hydroxyl groups is 1. The van der Waals surface area contributed by atoms with Crippen molar-refractivity contribution >= 4 is 5.91 Å². The van der Waals surface area contributed by atoms with E-state index < -0.39 is 17.2 Å². The Balaban J connectivity index is 1.88. The summed E-state index contributed by atoms with van der Waals surface area (Å²) in [7, 11) is 1.46. The summed E-state index contributed by atoms with van der Waals surface area (Å²) in [4.78, 5) is 37.9. The molecule has 3 N–H and O–H groups in total. The third-order valence-electron chi connectivity index (χ3n) is 4.42. The van der Waals surface area contributed by atoms with E-state index in [1.807, 2.05) is 30.3 Å². The lowest BCUT2D eigenvalue weighted by Gasteiger charge is -2.38. The van der Waals surface area contributed by atoms with Crippen molar-refractivity contribution in [3.05, 3.63) is 68.5 Å². The van der Waals surface area contributed by atoms with Crippen LogP contribution in [0.25, 0.3) is 0 Å². The van der Waals surface area contributed by atoms with Gasteiger partial charge in [-0.2, -0.15) is 0 Å². The molecule has 1 aliphatic carbocycles. The highest BCUT2D eigenvalue weighted by Gasteiger charge is 2.36. The lowest BCUT2D eigenvalue weighted by atomic mass is 9.75. The highest BCUT2D eigenvalue weighted by Crippen LogP contribution is 2.38. The van der Waals surface area contributed by atoms with E-state index in [1.165, 1.54) is 13.2 Å². The maximum Gasteiger partial charge on any atom is 0.328 e. The van der Waals surface area contributed by atoms with E-state index in [9.17, 15) is 19.5 Å². The molecule has 1 aliphatic rings. The summed E-state index contributed by atoms with van der Waals surface area (Å²) in [5.74, 6) is -0.431.